The van der Waals surface area contributed by atoms with Gasteiger partial charge in [0.2, 0.25) is 5.91 Å². The summed E-state index contributed by atoms with van der Waals surface area (Å²) in [4.78, 5) is 28.7. The van der Waals surface area contributed by atoms with Crippen molar-refractivity contribution in [3.8, 4) is 0 Å². The summed E-state index contributed by atoms with van der Waals surface area (Å²) >= 11 is 1.33. The fourth-order valence-corrected chi connectivity index (χ4v) is 1.93. The first-order valence-corrected chi connectivity index (χ1v) is 6.37. The minimum Gasteiger partial charge on any atom is -0.360 e. The number of thiazole rings is 1. The summed E-state index contributed by atoms with van der Waals surface area (Å²) in [6, 6.07) is 1.60. The number of likely N-dealkylation sites (N-methyl/N-ethyl adjacent to an activating group) is 1. The molecule has 0 radical (unpaired) electrons. The van der Waals surface area contributed by atoms with Crippen molar-refractivity contribution in [2.45, 2.75) is 6.92 Å². The number of hydrogen-bond acceptors (Lipinski definition) is 6. The lowest BCUT2D eigenvalue weighted by molar-refractivity contribution is -0.116. The third-order valence-electron chi connectivity index (χ3n) is 2.27. The van der Waals surface area contributed by atoms with Gasteiger partial charge >= 0.3 is 0 Å². The van der Waals surface area contributed by atoms with E-state index in [0.29, 0.717) is 17.3 Å². The van der Waals surface area contributed by atoms with E-state index in [9.17, 15) is 9.59 Å². The monoisotopic (exact) mass is 280 g/mol. The van der Waals surface area contributed by atoms with Crippen molar-refractivity contribution in [1.82, 2.24) is 15.0 Å². The van der Waals surface area contributed by atoms with Gasteiger partial charge in [-0.1, -0.05) is 5.16 Å². The van der Waals surface area contributed by atoms with Gasteiger partial charge in [-0.05, 0) is 6.92 Å². The zero-order valence-corrected chi connectivity index (χ0v) is 11.2. The summed E-state index contributed by atoms with van der Waals surface area (Å²) in [5.41, 5.74) is 1.90. The fourth-order valence-electron chi connectivity index (χ4n) is 1.41. The van der Waals surface area contributed by atoms with Gasteiger partial charge in [-0.25, -0.2) is 4.98 Å². The van der Waals surface area contributed by atoms with Crippen molar-refractivity contribution in [2.24, 2.45) is 0 Å². The topological polar surface area (TPSA) is 88.3 Å². The maximum atomic E-state index is 11.9. The van der Waals surface area contributed by atoms with Gasteiger partial charge in [-0.15, -0.1) is 11.3 Å². The molecule has 7 nitrogen and oxygen atoms in total. The standard InChI is InChI=1S/C11H12N4O3S/c1-7-3-9(14-18-7)13-10(16)4-15(2)11(17)8-5-19-6-12-8/h3,5-6H,4H2,1-2H3,(H,13,14,16). The second-order valence-corrected chi connectivity index (χ2v) is 4.62. The number of aromatic nitrogens is 2. The molecular weight excluding hydrogens is 268 g/mol. The second-order valence-electron chi connectivity index (χ2n) is 3.91. The summed E-state index contributed by atoms with van der Waals surface area (Å²) in [6.45, 7) is 1.64. The molecule has 0 spiro atoms. The highest BCUT2D eigenvalue weighted by Gasteiger charge is 2.17. The molecule has 0 saturated carbocycles. The number of amides is 2. The summed E-state index contributed by atoms with van der Waals surface area (Å²) < 4.78 is 4.82. The molecule has 1 N–H and O–H groups in total. The van der Waals surface area contributed by atoms with Crippen LogP contribution < -0.4 is 5.32 Å². The van der Waals surface area contributed by atoms with Gasteiger partial charge in [0.1, 0.15) is 11.5 Å². The fraction of sp³-hybridized carbons (Fsp3) is 0.273. The lowest BCUT2D eigenvalue weighted by Crippen LogP contribution is -2.35. The van der Waals surface area contributed by atoms with Gasteiger partial charge in [0, 0.05) is 18.5 Å². The number of aryl methyl sites for hydroxylation is 1. The first-order valence-electron chi connectivity index (χ1n) is 5.43. The molecule has 2 aromatic heterocycles. The van der Waals surface area contributed by atoms with Crippen LogP contribution in [0.25, 0.3) is 0 Å². The van der Waals surface area contributed by atoms with E-state index in [1.165, 1.54) is 23.3 Å². The molecule has 0 atom stereocenters. The zero-order chi connectivity index (χ0) is 13.8. The Hall–Kier alpha value is -2.22. The van der Waals surface area contributed by atoms with Crippen molar-refractivity contribution in [3.05, 3.63) is 28.4 Å². The van der Waals surface area contributed by atoms with E-state index in [0.717, 1.165) is 0 Å². The van der Waals surface area contributed by atoms with Crippen LogP contribution >= 0.6 is 11.3 Å². The number of anilines is 1. The summed E-state index contributed by atoms with van der Waals surface area (Å²) in [5, 5.41) is 7.81. The largest absolute Gasteiger partial charge is 0.360 e. The molecule has 2 amide bonds. The maximum absolute atomic E-state index is 11.9. The van der Waals surface area contributed by atoms with E-state index >= 15 is 0 Å². The zero-order valence-electron chi connectivity index (χ0n) is 10.4. The van der Waals surface area contributed by atoms with E-state index in [-0.39, 0.29) is 18.4 Å². The SMILES string of the molecule is Cc1cc(NC(=O)CN(C)C(=O)c2cscn2)no1. The van der Waals surface area contributed by atoms with Crippen LogP contribution in [0, 0.1) is 6.92 Å². The lowest BCUT2D eigenvalue weighted by Gasteiger charge is -2.14. The summed E-state index contributed by atoms with van der Waals surface area (Å²) in [5.74, 6) is 0.284. The molecule has 0 aliphatic rings. The van der Waals surface area contributed by atoms with Gasteiger partial charge in [0.25, 0.3) is 5.91 Å². The lowest BCUT2D eigenvalue weighted by atomic mass is 10.4. The Morgan fingerprint density at radius 3 is 2.89 bits per heavy atom. The molecule has 2 heterocycles. The van der Waals surface area contributed by atoms with Crippen molar-refractivity contribution in [1.29, 1.82) is 0 Å². The van der Waals surface area contributed by atoms with Crippen LogP contribution in [0.15, 0.2) is 21.5 Å². The van der Waals surface area contributed by atoms with E-state index < -0.39 is 0 Å². The van der Waals surface area contributed by atoms with Crippen LogP contribution in [0.4, 0.5) is 5.82 Å². The number of carbonyl (C=O) groups is 2. The second kappa shape index (κ2) is 5.61. The number of hydrogen-bond donors (Lipinski definition) is 1. The minimum atomic E-state index is -0.348. The smallest absolute Gasteiger partial charge is 0.273 e. The van der Waals surface area contributed by atoms with Gasteiger partial charge in [-0.3, -0.25) is 9.59 Å². The Morgan fingerprint density at radius 2 is 2.32 bits per heavy atom. The normalized spacial score (nSPS) is 10.2. The molecule has 2 rings (SSSR count). The van der Waals surface area contributed by atoms with Gasteiger partial charge in [0.15, 0.2) is 5.82 Å². The number of carbonyl (C=O) groups excluding carboxylic acids is 2. The Balaban J connectivity index is 1.90. The number of nitrogens with zero attached hydrogens (tertiary/aromatic N) is 3. The van der Waals surface area contributed by atoms with Crippen LogP contribution in [0.3, 0.4) is 0 Å². The minimum absolute atomic E-state index is 0.0811. The van der Waals surface area contributed by atoms with Crippen LogP contribution in [-0.2, 0) is 4.79 Å². The summed E-state index contributed by atoms with van der Waals surface area (Å²) in [6.07, 6.45) is 0. The molecule has 0 aliphatic carbocycles. The predicted octanol–water partition coefficient (Wildman–Crippen LogP) is 1.15. The highest BCUT2D eigenvalue weighted by Crippen LogP contribution is 2.08. The van der Waals surface area contributed by atoms with Gasteiger partial charge in [-0.2, -0.15) is 0 Å². The molecule has 0 bridgehead atoms. The Morgan fingerprint density at radius 1 is 1.53 bits per heavy atom. The van der Waals surface area contributed by atoms with Crippen LogP contribution in [0.2, 0.25) is 0 Å². The molecule has 0 fully saturated rings. The van der Waals surface area contributed by atoms with Crippen molar-refractivity contribution < 1.29 is 14.1 Å². The molecule has 2 aromatic rings. The molecule has 0 unspecified atom stereocenters. The molecule has 0 saturated heterocycles. The van der Waals surface area contributed by atoms with E-state index in [1.807, 2.05) is 0 Å². The number of rotatable bonds is 4. The van der Waals surface area contributed by atoms with E-state index in [4.69, 9.17) is 4.52 Å². The van der Waals surface area contributed by atoms with E-state index in [1.54, 1.807) is 23.9 Å². The van der Waals surface area contributed by atoms with Gasteiger partial charge < -0.3 is 14.7 Å². The Bertz CT molecular complexity index is 579. The summed E-state index contributed by atoms with van der Waals surface area (Å²) in [7, 11) is 1.54. The third-order valence-corrected chi connectivity index (χ3v) is 2.86. The predicted molar refractivity (Wildman–Crippen MR) is 68.9 cm³/mol. The highest BCUT2D eigenvalue weighted by molar-refractivity contribution is 7.07. The maximum Gasteiger partial charge on any atom is 0.273 e. The molecular formula is C11H12N4O3S. The van der Waals surface area contributed by atoms with Crippen LogP contribution in [-0.4, -0.2) is 40.4 Å². The average Bonchev–Trinajstić information content (AvgIpc) is 2.99. The molecule has 19 heavy (non-hydrogen) atoms. The third kappa shape index (κ3) is 3.38. The quantitative estimate of drug-likeness (QED) is 0.907. The van der Waals surface area contributed by atoms with E-state index in [2.05, 4.69) is 15.5 Å². The van der Waals surface area contributed by atoms with Crippen molar-refractivity contribution in [2.75, 3.05) is 18.9 Å². The van der Waals surface area contributed by atoms with Gasteiger partial charge in [0.05, 0.1) is 12.1 Å². The average molecular weight is 280 g/mol. The highest BCUT2D eigenvalue weighted by atomic mass is 32.1. The molecule has 0 aromatic carbocycles. The Labute approximate surface area is 113 Å². The molecule has 100 valence electrons. The van der Waals surface area contributed by atoms with Crippen molar-refractivity contribution >= 4 is 29.0 Å². The number of nitrogens with one attached hydrogen (secondary N) is 1. The first kappa shape index (κ1) is 13.2. The molecule has 8 heteroatoms. The Kier molecular flexibility index (Phi) is 3.91. The van der Waals surface area contributed by atoms with Crippen molar-refractivity contribution in [3.63, 3.8) is 0 Å². The van der Waals surface area contributed by atoms with Crippen LogP contribution in [0.1, 0.15) is 16.2 Å². The van der Waals surface area contributed by atoms with Crippen LogP contribution in [0.5, 0.6) is 0 Å². The molecule has 0 aliphatic heterocycles. The first-order chi connectivity index (χ1) is 9.06.